The van der Waals surface area contributed by atoms with Crippen molar-refractivity contribution in [2.45, 2.75) is 31.2 Å². The number of ether oxygens (including phenoxy) is 3. The molecule has 0 amide bonds. The smallest absolute Gasteiger partial charge is 0.142 e. The van der Waals surface area contributed by atoms with Crippen LogP contribution in [0.1, 0.15) is 47.0 Å². The summed E-state index contributed by atoms with van der Waals surface area (Å²) >= 11 is 1.74. The zero-order valence-corrected chi connectivity index (χ0v) is 20.5. The number of thioether (sulfide) groups is 1. The van der Waals surface area contributed by atoms with E-state index < -0.39 is 0 Å². The maximum absolute atomic E-state index is 6.19. The van der Waals surface area contributed by atoms with Crippen LogP contribution in [0.2, 0.25) is 0 Å². The molecule has 2 aliphatic rings. The number of fused-ring (bicyclic) bond motifs is 1. The van der Waals surface area contributed by atoms with Crippen LogP contribution in [0.5, 0.6) is 5.75 Å². The predicted octanol–water partition coefficient (Wildman–Crippen LogP) is 3.95. The van der Waals surface area contributed by atoms with E-state index in [1.807, 2.05) is 19.1 Å². The largest absolute Gasteiger partial charge is 0.492 e. The fourth-order valence-electron chi connectivity index (χ4n) is 4.62. The van der Waals surface area contributed by atoms with E-state index in [0.29, 0.717) is 31.5 Å². The van der Waals surface area contributed by atoms with Crippen molar-refractivity contribution in [1.29, 1.82) is 0 Å². The Bertz CT molecular complexity index is 976. The molecular formula is C25H34N4O3S. The van der Waals surface area contributed by atoms with Crippen LogP contribution in [0, 0.1) is 0 Å². The first-order valence-electron chi connectivity index (χ1n) is 11.5. The first-order valence-corrected chi connectivity index (χ1v) is 12.4. The third-order valence-corrected chi connectivity index (χ3v) is 7.37. The van der Waals surface area contributed by atoms with Crippen molar-refractivity contribution in [3.8, 4) is 5.75 Å². The zero-order chi connectivity index (χ0) is 23.2. The molecule has 1 aliphatic heterocycles. The van der Waals surface area contributed by atoms with Gasteiger partial charge in [0, 0.05) is 38.9 Å². The van der Waals surface area contributed by atoms with Gasteiger partial charge in [0.05, 0.1) is 25.5 Å². The number of hydrogen-bond acceptors (Lipinski definition) is 8. The molecule has 1 heterocycles. The first-order chi connectivity index (χ1) is 16.2. The number of benzene rings is 2. The lowest BCUT2D eigenvalue weighted by Gasteiger charge is -2.29. The Morgan fingerprint density at radius 2 is 1.94 bits per heavy atom. The minimum atomic E-state index is 0.0333. The molecule has 0 spiro atoms. The lowest BCUT2D eigenvalue weighted by atomic mass is 10.0. The molecule has 0 aromatic heterocycles. The second-order valence-electron chi connectivity index (χ2n) is 8.22. The van der Waals surface area contributed by atoms with Crippen LogP contribution in [-0.4, -0.2) is 57.1 Å². The Hall–Kier alpha value is -2.26. The van der Waals surface area contributed by atoms with Crippen molar-refractivity contribution < 1.29 is 14.2 Å². The first kappa shape index (κ1) is 23.9. The Morgan fingerprint density at radius 3 is 2.64 bits per heavy atom. The number of anilines is 1. The second-order valence-corrected chi connectivity index (χ2v) is 9.32. The van der Waals surface area contributed by atoms with Crippen LogP contribution >= 0.6 is 11.8 Å². The maximum Gasteiger partial charge on any atom is 0.142 e. The van der Waals surface area contributed by atoms with E-state index in [2.05, 4.69) is 34.6 Å². The van der Waals surface area contributed by atoms with E-state index in [1.54, 1.807) is 26.0 Å². The summed E-state index contributed by atoms with van der Waals surface area (Å²) in [6.07, 6.45) is 2.15. The molecule has 33 heavy (non-hydrogen) atoms. The Morgan fingerprint density at radius 1 is 1.15 bits per heavy atom. The molecule has 0 fully saturated rings. The molecule has 3 N–H and O–H groups in total. The van der Waals surface area contributed by atoms with Gasteiger partial charge >= 0.3 is 0 Å². The molecule has 0 radical (unpaired) electrons. The Kier molecular flexibility index (Phi) is 8.14. The van der Waals surface area contributed by atoms with Gasteiger partial charge in [0.25, 0.3) is 0 Å². The van der Waals surface area contributed by atoms with Gasteiger partial charge in [0.15, 0.2) is 0 Å². The quantitative estimate of drug-likeness (QED) is 0.481. The monoisotopic (exact) mass is 470 g/mol. The van der Waals surface area contributed by atoms with E-state index in [-0.39, 0.29) is 5.37 Å². The molecule has 1 unspecified atom stereocenters. The highest BCUT2D eigenvalue weighted by Gasteiger charge is 2.32. The molecule has 1 aliphatic carbocycles. The minimum absolute atomic E-state index is 0.0333. The number of hydrazone groups is 1. The van der Waals surface area contributed by atoms with Gasteiger partial charge in [-0.25, -0.2) is 0 Å². The van der Waals surface area contributed by atoms with Gasteiger partial charge in [-0.3, -0.25) is 10.3 Å². The molecule has 4 rings (SSSR count). The highest BCUT2D eigenvalue weighted by molar-refractivity contribution is 8.14. The standard InChI is InChI=1S/C25H34N4O3S/c1-4-32-23-11-8-17(16-21(23)26)24-27-28-25(33-24)20-7-5-6-19-18(20)9-10-22(19)29(12-14-30-2)13-15-31-3/h5-8,11,16,22,24,27H,4,9-10,12-15,26H2,1-3H3/t22-,24?/m0/s1. The number of nitrogens with zero attached hydrogens (tertiary/aromatic N) is 2. The van der Waals surface area contributed by atoms with E-state index >= 15 is 0 Å². The maximum atomic E-state index is 6.19. The van der Waals surface area contributed by atoms with E-state index in [4.69, 9.17) is 25.0 Å². The third kappa shape index (κ3) is 5.30. The number of rotatable bonds is 11. The van der Waals surface area contributed by atoms with Crippen LogP contribution < -0.4 is 15.9 Å². The van der Waals surface area contributed by atoms with Crippen molar-refractivity contribution >= 4 is 22.5 Å². The van der Waals surface area contributed by atoms with Gasteiger partial charge in [0.1, 0.15) is 16.2 Å². The molecule has 0 bridgehead atoms. The molecule has 2 atom stereocenters. The summed E-state index contributed by atoms with van der Waals surface area (Å²) in [5, 5.41) is 5.77. The summed E-state index contributed by atoms with van der Waals surface area (Å²) < 4.78 is 16.3. The average molecular weight is 471 g/mol. The summed E-state index contributed by atoms with van der Waals surface area (Å²) in [6, 6.07) is 13.0. The Balaban J connectivity index is 1.51. The molecule has 2 aromatic carbocycles. The summed E-state index contributed by atoms with van der Waals surface area (Å²) in [7, 11) is 3.51. The van der Waals surface area contributed by atoms with Crippen molar-refractivity contribution in [3.05, 3.63) is 58.7 Å². The van der Waals surface area contributed by atoms with Gasteiger partial charge in [-0.15, -0.1) is 0 Å². The number of nitrogens with one attached hydrogen (secondary N) is 1. The average Bonchev–Trinajstić information content (AvgIpc) is 3.48. The van der Waals surface area contributed by atoms with E-state index in [9.17, 15) is 0 Å². The van der Waals surface area contributed by atoms with Crippen LogP contribution in [0.3, 0.4) is 0 Å². The predicted molar refractivity (Wildman–Crippen MR) is 135 cm³/mol. The van der Waals surface area contributed by atoms with Crippen molar-refractivity contribution in [1.82, 2.24) is 10.3 Å². The van der Waals surface area contributed by atoms with Crippen molar-refractivity contribution in [2.24, 2.45) is 5.10 Å². The van der Waals surface area contributed by atoms with Gasteiger partial charge in [-0.05, 0) is 48.6 Å². The summed E-state index contributed by atoms with van der Waals surface area (Å²) in [4.78, 5) is 2.48. The zero-order valence-electron chi connectivity index (χ0n) is 19.7. The molecule has 178 valence electrons. The number of methoxy groups -OCH3 is 2. The van der Waals surface area contributed by atoms with Gasteiger partial charge < -0.3 is 19.9 Å². The van der Waals surface area contributed by atoms with E-state index in [0.717, 1.165) is 42.3 Å². The van der Waals surface area contributed by atoms with Crippen molar-refractivity contribution in [2.75, 3.05) is 52.9 Å². The van der Waals surface area contributed by atoms with Gasteiger partial charge in [-0.1, -0.05) is 36.0 Å². The number of nitrogen functional groups attached to an aromatic ring is 1. The second kappa shape index (κ2) is 11.2. The molecule has 8 heteroatoms. The number of hydrogen-bond donors (Lipinski definition) is 2. The lowest BCUT2D eigenvalue weighted by molar-refractivity contribution is 0.0872. The van der Waals surface area contributed by atoms with Crippen LogP contribution in [0.15, 0.2) is 41.5 Å². The highest BCUT2D eigenvalue weighted by Crippen LogP contribution is 2.42. The van der Waals surface area contributed by atoms with Gasteiger partial charge in [-0.2, -0.15) is 5.10 Å². The SMILES string of the molecule is CCOc1ccc(C2NN=C(c3cccc4c3CC[C@@H]4N(CCOC)CCOC)S2)cc1N. The normalized spacial score (nSPS) is 19.5. The van der Waals surface area contributed by atoms with Gasteiger partial charge in [0.2, 0.25) is 0 Å². The highest BCUT2D eigenvalue weighted by atomic mass is 32.2. The fraction of sp³-hybridized carbons (Fsp3) is 0.480. The van der Waals surface area contributed by atoms with Crippen LogP contribution in [0.25, 0.3) is 0 Å². The Labute approximate surface area is 200 Å². The summed E-state index contributed by atoms with van der Waals surface area (Å²) in [5.74, 6) is 0.726. The molecule has 0 saturated carbocycles. The van der Waals surface area contributed by atoms with E-state index in [1.165, 1.54) is 16.7 Å². The van der Waals surface area contributed by atoms with Crippen LogP contribution in [0.4, 0.5) is 5.69 Å². The fourth-order valence-corrected chi connectivity index (χ4v) is 5.65. The molecular weight excluding hydrogens is 436 g/mol. The summed E-state index contributed by atoms with van der Waals surface area (Å²) in [6.45, 7) is 5.78. The molecule has 2 aromatic rings. The minimum Gasteiger partial charge on any atom is -0.492 e. The number of nitrogens with two attached hydrogens (primary N) is 1. The van der Waals surface area contributed by atoms with Crippen molar-refractivity contribution in [3.63, 3.8) is 0 Å². The molecule has 7 nitrogen and oxygen atoms in total. The third-order valence-electron chi connectivity index (χ3n) is 6.22. The lowest BCUT2D eigenvalue weighted by Crippen LogP contribution is -2.33. The van der Waals surface area contributed by atoms with Crippen LogP contribution in [-0.2, 0) is 15.9 Å². The molecule has 0 saturated heterocycles. The topological polar surface area (TPSA) is 81.3 Å². The summed E-state index contributed by atoms with van der Waals surface area (Å²) in [5.41, 5.74) is 15.3.